The molecule has 0 bridgehead atoms. The summed E-state index contributed by atoms with van der Waals surface area (Å²) in [7, 11) is 1.45. The highest BCUT2D eigenvalue weighted by atomic mass is 19.1. The lowest BCUT2D eigenvalue weighted by atomic mass is 9.70. The van der Waals surface area contributed by atoms with E-state index in [9.17, 15) is 9.18 Å². The van der Waals surface area contributed by atoms with Crippen LogP contribution in [0.25, 0.3) is 0 Å². The van der Waals surface area contributed by atoms with Gasteiger partial charge in [-0.3, -0.25) is 4.79 Å². The van der Waals surface area contributed by atoms with E-state index in [0.29, 0.717) is 23.9 Å². The molecule has 1 fully saturated rings. The summed E-state index contributed by atoms with van der Waals surface area (Å²) in [6.45, 7) is 2.52. The van der Waals surface area contributed by atoms with Crippen molar-refractivity contribution >= 4 is 11.6 Å². The maximum atomic E-state index is 13.2. The summed E-state index contributed by atoms with van der Waals surface area (Å²) in [5.74, 6) is 0.462. The molecule has 1 saturated carbocycles. The maximum Gasteiger partial charge on any atom is 0.231 e. The van der Waals surface area contributed by atoms with Crippen LogP contribution in [0.4, 0.5) is 10.1 Å². The molecule has 0 aliphatic heterocycles. The van der Waals surface area contributed by atoms with Gasteiger partial charge in [-0.1, -0.05) is 6.92 Å². The van der Waals surface area contributed by atoms with Crippen molar-refractivity contribution in [3.63, 3.8) is 0 Å². The van der Waals surface area contributed by atoms with E-state index in [1.54, 1.807) is 0 Å². The number of carbonyl (C=O) groups is 1. The third kappa shape index (κ3) is 3.35. The molecule has 0 aromatic heterocycles. The fourth-order valence-corrected chi connectivity index (χ4v) is 2.86. The van der Waals surface area contributed by atoms with Crippen LogP contribution in [-0.2, 0) is 4.79 Å². The van der Waals surface area contributed by atoms with Gasteiger partial charge in [0.25, 0.3) is 0 Å². The number of hydrogen-bond donors (Lipinski definition) is 2. The fraction of sp³-hybridized carbons (Fsp3) is 0.562. The minimum Gasteiger partial charge on any atom is -0.494 e. The maximum absolute atomic E-state index is 13.2. The zero-order chi connectivity index (χ0) is 15.5. The van der Waals surface area contributed by atoms with Crippen molar-refractivity contribution < 1.29 is 13.9 Å². The van der Waals surface area contributed by atoms with Crippen molar-refractivity contribution in [1.82, 2.24) is 0 Å². The molecule has 116 valence electrons. The second-order valence-corrected chi connectivity index (χ2v) is 5.97. The molecule has 0 unspecified atom stereocenters. The molecule has 0 saturated heterocycles. The van der Waals surface area contributed by atoms with Crippen LogP contribution < -0.4 is 15.8 Å². The lowest BCUT2D eigenvalue weighted by Gasteiger charge is -2.37. The predicted octanol–water partition coefficient (Wildman–Crippen LogP) is 2.93. The van der Waals surface area contributed by atoms with Crippen LogP contribution in [0.5, 0.6) is 5.75 Å². The fourth-order valence-electron chi connectivity index (χ4n) is 2.86. The number of nitrogens with one attached hydrogen (secondary N) is 1. The molecule has 2 rings (SSSR count). The third-order valence-electron chi connectivity index (χ3n) is 4.52. The Balaban J connectivity index is 2.16. The Morgan fingerprint density at radius 3 is 2.71 bits per heavy atom. The molecular weight excluding hydrogens is 271 g/mol. The van der Waals surface area contributed by atoms with Crippen LogP contribution >= 0.6 is 0 Å². The Labute approximate surface area is 124 Å². The number of benzene rings is 1. The van der Waals surface area contributed by atoms with Crippen molar-refractivity contribution in [2.75, 3.05) is 19.0 Å². The van der Waals surface area contributed by atoms with Crippen LogP contribution in [0.1, 0.15) is 32.6 Å². The number of rotatable bonds is 4. The van der Waals surface area contributed by atoms with Gasteiger partial charge in [-0.2, -0.15) is 0 Å². The average Bonchev–Trinajstić information content (AvgIpc) is 2.50. The van der Waals surface area contributed by atoms with Crippen molar-refractivity contribution in [3.05, 3.63) is 24.0 Å². The summed E-state index contributed by atoms with van der Waals surface area (Å²) < 4.78 is 18.3. The smallest absolute Gasteiger partial charge is 0.231 e. The van der Waals surface area contributed by atoms with E-state index in [1.165, 1.54) is 25.3 Å². The van der Waals surface area contributed by atoms with E-state index < -0.39 is 11.2 Å². The Morgan fingerprint density at radius 1 is 1.48 bits per heavy atom. The first-order valence-corrected chi connectivity index (χ1v) is 7.36. The topological polar surface area (TPSA) is 64.3 Å². The number of carbonyl (C=O) groups excluding carboxylic acids is 1. The molecule has 1 aliphatic rings. The van der Waals surface area contributed by atoms with E-state index in [4.69, 9.17) is 10.5 Å². The largest absolute Gasteiger partial charge is 0.494 e. The zero-order valence-electron chi connectivity index (χ0n) is 12.6. The molecule has 0 heterocycles. The lowest BCUT2D eigenvalue weighted by Crippen LogP contribution is -2.44. The number of amides is 1. The van der Waals surface area contributed by atoms with Gasteiger partial charge in [-0.15, -0.1) is 0 Å². The monoisotopic (exact) mass is 294 g/mol. The van der Waals surface area contributed by atoms with Crippen LogP contribution in [0.2, 0.25) is 0 Å². The molecule has 21 heavy (non-hydrogen) atoms. The Kier molecular flexibility index (Phi) is 4.83. The lowest BCUT2D eigenvalue weighted by molar-refractivity contribution is -0.127. The van der Waals surface area contributed by atoms with Crippen molar-refractivity contribution in [2.45, 2.75) is 32.6 Å². The second-order valence-electron chi connectivity index (χ2n) is 5.97. The van der Waals surface area contributed by atoms with E-state index in [1.807, 2.05) is 0 Å². The number of halogens is 1. The minimum atomic E-state index is -0.522. The summed E-state index contributed by atoms with van der Waals surface area (Å²) >= 11 is 0. The van der Waals surface area contributed by atoms with Gasteiger partial charge in [0, 0.05) is 12.6 Å². The van der Waals surface area contributed by atoms with Crippen LogP contribution in [0.15, 0.2) is 18.2 Å². The van der Waals surface area contributed by atoms with Crippen molar-refractivity contribution in [2.24, 2.45) is 17.1 Å². The highest BCUT2D eigenvalue weighted by Crippen LogP contribution is 2.39. The molecule has 0 atom stereocenters. The molecule has 1 aromatic rings. The van der Waals surface area contributed by atoms with Gasteiger partial charge in [-0.25, -0.2) is 4.39 Å². The second kappa shape index (κ2) is 6.43. The number of nitrogens with two attached hydrogens (primary N) is 1. The van der Waals surface area contributed by atoms with Crippen molar-refractivity contribution in [1.29, 1.82) is 0 Å². The number of hydrogen-bond acceptors (Lipinski definition) is 3. The summed E-state index contributed by atoms with van der Waals surface area (Å²) in [4.78, 5) is 12.6. The number of ether oxygens (including phenoxy) is 1. The van der Waals surface area contributed by atoms with Gasteiger partial charge >= 0.3 is 0 Å². The molecule has 1 aromatic carbocycles. The SMILES string of the molecule is COc1cc(F)ccc1NC(=O)C1(CN)CCC(C)CC1. The Bertz CT molecular complexity index is 511. The summed E-state index contributed by atoms with van der Waals surface area (Å²) in [6.07, 6.45) is 3.59. The molecule has 1 amide bonds. The quantitative estimate of drug-likeness (QED) is 0.897. The average molecular weight is 294 g/mol. The van der Waals surface area contributed by atoms with Crippen molar-refractivity contribution in [3.8, 4) is 5.75 Å². The number of anilines is 1. The molecule has 3 N–H and O–H groups in total. The Morgan fingerprint density at radius 2 is 2.14 bits per heavy atom. The minimum absolute atomic E-state index is 0.0955. The van der Waals surface area contributed by atoms with Crippen LogP contribution in [0, 0.1) is 17.2 Å². The van der Waals surface area contributed by atoms with E-state index in [0.717, 1.165) is 25.7 Å². The first-order valence-electron chi connectivity index (χ1n) is 7.36. The molecular formula is C16H23FN2O2. The van der Waals surface area contributed by atoms with E-state index in [2.05, 4.69) is 12.2 Å². The highest BCUT2D eigenvalue weighted by Gasteiger charge is 2.40. The normalized spacial score (nSPS) is 25.4. The summed E-state index contributed by atoms with van der Waals surface area (Å²) in [6, 6.07) is 4.08. The third-order valence-corrected chi connectivity index (χ3v) is 4.52. The van der Waals surface area contributed by atoms with Gasteiger partial charge in [0.1, 0.15) is 11.6 Å². The van der Waals surface area contributed by atoms with Gasteiger partial charge in [0.15, 0.2) is 0 Å². The summed E-state index contributed by atoms with van der Waals surface area (Å²) in [5, 5.41) is 2.85. The van der Waals surface area contributed by atoms with Crippen LogP contribution in [0.3, 0.4) is 0 Å². The van der Waals surface area contributed by atoms with Gasteiger partial charge in [0.05, 0.1) is 18.2 Å². The first-order chi connectivity index (χ1) is 10.0. The molecule has 0 spiro atoms. The highest BCUT2D eigenvalue weighted by molar-refractivity contribution is 5.96. The van der Waals surface area contributed by atoms with Gasteiger partial charge < -0.3 is 15.8 Å². The zero-order valence-corrected chi connectivity index (χ0v) is 12.6. The predicted molar refractivity (Wildman–Crippen MR) is 80.7 cm³/mol. The standard InChI is InChI=1S/C16H23FN2O2/c1-11-5-7-16(10-18,8-6-11)15(20)19-13-4-3-12(17)9-14(13)21-2/h3-4,9,11H,5-8,10,18H2,1-2H3,(H,19,20). The Hall–Kier alpha value is -1.62. The first kappa shape index (κ1) is 15.8. The molecule has 1 aliphatic carbocycles. The van der Waals surface area contributed by atoms with E-state index >= 15 is 0 Å². The van der Waals surface area contributed by atoms with Gasteiger partial charge in [0.2, 0.25) is 5.91 Å². The van der Waals surface area contributed by atoms with Crippen LogP contribution in [-0.4, -0.2) is 19.6 Å². The molecule has 0 radical (unpaired) electrons. The number of methoxy groups -OCH3 is 1. The van der Waals surface area contributed by atoms with Gasteiger partial charge in [-0.05, 0) is 43.7 Å². The van der Waals surface area contributed by atoms with E-state index in [-0.39, 0.29) is 5.91 Å². The summed E-state index contributed by atoms with van der Waals surface area (Å²) in [5.41, 5.74) is 5.84. The molecule has 4 nitrogen and oxygen atoms in total. The molecule has 5 heteroatoms.